The Balaban J connectivity index is 1.10. The number of carbonyl (C=O) groups excluding carboxylic acids is 1. The first-order chi connectivity index (χ1) is 21.8. The lowest BCUT2D eigenvalue weighted by Gasteiger charge is -2.63. The van der Waals surface area contributed by atoms with Crippen molar-refractivity contribution < 1.29 is 48.9 Å². The lowest BCUT2D eigenvalue weighted by atomic mass is 9.41. The largest absolute Gasteiger partial charge is 0.457 e. The lowest BCUT2D eigenvalue weighted by molar-refractivity contribution is -0.430. The molecule has 3 heterocycles. The molecule has 5 saturated carbocycles. The van der Waals surface area contributed by atoms with Crippen molar-refractivity contribution in [3.63, 3.8) is 0 Å². The molecule has 266 valence electrons. The van der Waals surface area contributed by atoms with E-state index in [0.717, 1.165) is 51.4 Å². The first-order valence-electron chi connectivity index (χ1n) is 18.4. The van der Waals surface area contributed by atoms with E-state index in [9.17, 15) is 25.2 Å². The van der Waals surface area contributed by atoms with Crippen molar-refractivity contribution in [2.24, 2.45) is 50.7 Å². The minimum Gasteiger partial charge on any atom is -0.457 e. The highest BCUT2D eigenvalue weighted by Crippen LogP contribution is 2.90. The number of esters is 1. The van der Waals surface area contributed by atoms with Crippen LogP contribution in [0.15, 0.2) is 0 Å². The lowest BCUT2D eigenvalue weighted by Crippen LogP contribution is -2.71. The van der Waals surface area contributed by atoms with Crippen molar-refractivity contribution in [3.05, 3.63) is 0 Å². The van der Waals surface area contributed by atoms with Gasteiger partial charge in [-0.3, -0.25) is 4.79 Å². The number of carbonyl (C=O) groups is 1. The van der Waals surface area contributed by atoms with Crippen molar-refractivity contribution in [2.45, 2.75) is 167 Å². The van der Waals surface area contributed by atoms with Crippen LogP contribution in [-0.2, 0) is 28.5 Å². The number of ether oxygens (including phenoxy) is 5. The molecule has 2 bridgehead atoms. The van der Waals surface area contributed by atoms with E-state index < -0.39 is 53.6 Å². The molecular weight excluding hydrogens is 604 g/mol. The van der Waals surface area contributed by atoms with Crippen molar-refractivity contribution in [2.75, 3.05) is 6.61 Å². The monoisotopic (exact) mass is 662 g/mol. The Kier molecular flexibility index (Phi) is 7.03. The standard InChI is InChI=1S/C37H58O10/c1-18-15-21-28(44-19(2)38)32(5,6)47-37(46-21)27(18)33(7)13-14-36-17-35(36)12-11-24(45-29-26(41)25(40)20(39)16-43-29)31(3,4)22(35)9-10-23(36)34(33,8)30(37)42/h18,20-30,39-42H,9-17H2,1-8H3/t18?,20-,21+,22-,23-,24-,25-,26+,27?,28-,29-,30+,33+,34+,35+,36-,37-/m0/s1. The van der Waals surface area contributed by atoms with Crippen molar-refractivity contribution in [1.82, 2.24) is 0 Å². The zero-order chi connectivity index (χ0) is 33.9. The molecule has 2 unspecified atom stereocenters. The Morgan fingerprint density at radius 1 is 0.872 bits per heavy atom. The normalized spacial score (nSPS) is 59.8. The first-order valence-corrected chi connectivity index (χ1v) is 18.4. The Morgan fingerprint density at radius 3 is 2.26 bits per heavy atom. The highest BCUT2D eigenvalue weighted by Gasteiger charge is 2.88. The van der Waals surface area contributed by atoms with Gasteiger partial charge in [0.05, 0.1) is 12.7 Å². The summed E-state index contributed by atoms with van der Waals surface area (Å²) in [4.78, 5) is 12.1. The molecule has 0 radical (unpaired) electrons. The summed E-state index contributed by atoms with van der Waals surface area (Å²) in [6, 6.07) is 0. The molecule has 8 fully saturated rings. The fraction of sp³-hybridized carbons (Fsp3) is 0.973. The molecule has 5 aliphatic carbocycles. The molecular formula is C37H58O10. The third-order valence-corrected chi connectivity index (χ3v) is 16.3. The molecule has 8 aliphatic rings. The molecule has 4 N–H and O–H groups in total. The average Bonchev–Trinajstić information content (AvgIpc) is 3.62. The summed E-state index contributed by atoms with van der Waals surface area (Å²) in [5.74, 6) is -0.514. The Bertz CT molecular complexity index is 1320. The van der Waals surface area contributed by atoms with Crippen LogP contribution in [-0.4, -0.2) is 93.4 Å². The SMILES string of the molecule is CC(=O)O[C@H]1[C@H]2CC(C)C3[C@](O2)(OC1(C)C)[C@H](O)[C@@]1(C)[C@@H]2CC[C@H]4C(C)(C)[C@@H](O[C@@H]5OC[C@H](O)[C@H](O)[C@H]5O)CC[C@@]45C[C@@]25CC[C@]31C. The second kappa shape index (κ2) is 9.93. The van der Waals surface area contributed by atoms with Crippen LogP contribution < -0.4 is 0 Å². The summed E-state index contributed by atoms with van der Waals surface area (Å²) in [5, 5.41) is 43.8. The number of fused-ring (bicyclic) bond motifs is 4. The van der Waals surface area contributed by atoms with Gasteiger partial charge in [-0.15, -0.1) is 0 Å². The third-order valence-electron chi connectivity index (χ3n) is 16.3. The summed E-state index contributed by atoms with van der Waals surface area (Å²) in [6.07, 6.45) is 1.47. The van der Waals surface area contributed by atoms with E-state index >= 15 is 0 Å². The molecule has 3 aliphatic heterocycles. The summed E-state index contributed by atoms with van der Waals surface area (Å²) in [6.45, 7) is 17.0. The molecule has 3 spiro atoms. The van der Waals surface area contributed by atoms with E-state index in [4.69, 9.17) is 23.7 Å². The van der Waals surface area contributed by atoms with E-state index in [1.54, 1.807) is 0 Å². The molecule has 8 rings (SSSR count). The van der Waals surface area contributed by atoms with Crippen molar-refractivity contribution in [3.8, 4) is 0 Å². The molecule has 10 nitrogen and oxygen atoms in total. The van der Waals surface area contributed by atoms with Crippen LogP contribution in [0.2, 0.25) is 0 Å². The number of aliphatic hydroxyl groups excluding tert-OH is 4. The van der Waals surface area contributed by atoms with Crippen LogP contribution in [0.25, 0.3) is 0 Å². The van der Waals surface area contributed by atoms with Crippen LogP contribution in [0.1, 0.15) is 107 Å². The summed E-state index contributed by atoms with van der Waals surface area (Å²) < 4.78 is 31.9. The minimum absolute atomic E-state index is 0.0185. The summed E-state index contributed by atoms with van der Waals surface area (Å²) >= 11 is 0. The third kappa shape index (κ3) is 3.88. The first kappa shape index (κ1) is 33.3. The van der Waals surface area contributed by atoms with Crippen LogP contribution in [0.3, 0.4) is 0 Å². The van der Waals surface area contributed by atoms with Gasteiger partial charge in [-0.2, -0.15) is 0 Å². The maximum Gasteiger partial charge on any atom is 0.303 e. The number of rotatable bonds is 3. The minimum atomic E-state index is -1.29. The van der Waals surface area contributed by atoms with E-state index in [1.165, 1.54) is 6.92 Å². The molecule has 17 atom stereocenters. The van der Waals surface area contributed by atoms with E-state index in [2.05, 4.69) is 34.6 Å². The molecule has 47 heavy (non-hydrogen) atoms. The predicted octanol–water partition coefficient (Wildman–Crippen LogP) is 3.69. The van der Waals surface area contributed by atoms with E-state index in [-0.39, 0.29) is 58.3 Å². The number of hydrogen-bond acceptors (Lipinski definition) is 10. The second-order valence-electron chi connectivity index (χ2n) is 18.8. The fourth-order valence-electron chi connectivity index (χ4n) is 14.4. The van der Waals surface area contributed by atoms with Crippen molar-refractivity contribution >= 4 is 5.97 Å². The van der Waals surface area contributed by atoms with Gasteiger partial charge >= 0.3 is 5.97 Å². The maximum absolute atomic E-state index is 12.9. The number of hydrogen-bond donors (Lipinski definition) is 4. The van der Waals surface area contributed by atoms with Gasteiger partial charge in [0.1, 0.15) is 36.1 Å². The van der Waals surface area contributed by atoms with Gasteiger partial charge in [-0.1, -0.05) is 34.6 Å². The molecule has 0 amide bonds. The van der Waals surface area contributed by atoms with Crippen molar-refractivity contribution in [1.29, 1.82) is 0 Å². The highest BCUT2D eigenvalue weighted by molar-refractivity contribution is 5.66. The molecule has 0 aromatic heterocycles. The Labute approximate surface area is 279 Å². The van der Waals surface area contributed by atoms with Crippen LogP contribution in [0, 0.1) is 50.7 Å². The Hall–Kier alpha value is -0.850. The maximum atomic E-state index is 12.9. The molecule has 3 saturated heterocycles. The smallest absolute Gasteiger partial charge is 0.303 e. The highest BCUT2D eigenvalue weighted by atomic mass is 16.8. The van der Waals surface area contributed by atoms with Gasteiger partial charge in [0.25, 0.3) is 0 Å². The van der Waals surface area contributed by atoms with E-state index in [0.29, 0.717) is 11.8 Å². The second-order valence-corrected chi connectivity index (χ2v) is 18.8. The van der Waals surface area contributed by atoms with Gasteiger partial charge in [-0.05, 0) is 105 Å². The van der Waals surface area contributed by atoms with Gasteiger partial charge in [-0.25, -0.2) is 0 Å². The van der Waals surface area contributed by atoms with Gasteiger partial charge in [0, 0.05) is 18.3 Å². The summed E-state index contributed by atoms with van der Waals surface area (Å²) in [7, 11) is 0. The van der Waals surface area contributed by atoms with Crippen LogP contribution in [0.4, 0.5) is 0 Å². The zero-order valence-electron chi connectivity index (χ0n) is 29.5. The molecule has 10 heteroatoms. The zero-order valence-corrected chi connectivity index (χ0v) is 29.5. The van der Waals surface area contributed by atoms with Gasteiger partial charge in [0.2, 0.25) is 0 Å². The van der Waals surface area contributed by atoms with Gasteiger partial charge < -0.3 is 44.1 Å². The average molecular weight is 663 g/mol. The quantitative estimate of drug-likeness (QED) is 0.261. The van der Waals surface area contributed by atoms with E-state index in [1.807, 2.05) is 13.8 Å². The molecule has 0 aromatic carbocycles. The summed E-state index contributed by atoms with van der Waals surface area (Å²) in [5.41, 5.74) is -1.32. The fourth-order valence-corrected chi connectivity index (χ4v) is 14.4. The predicted molar refractivity (Wildman–Crippen MR) is 168 cm³/mol. The van der Waals surface area contributed by atoms with Crippen LogP contribution in [0.5, 0.6) is 0 Å². The molecule has 0 aromatic rings. The van der Waals surface area contributed by atoms with Gasteiger partial charge in [0.15, 0.2) is 18.2 Å². The topological polar surface area (TPSA) is 144 Å². The number of aliphatic hydroxyl groups is 4. The Morgan fingerprint density at radius 2 is 1.55 bits per heavy atom. The van der Waals surface area contributed by atoms with Crippen LogP contribution >= 0.6 is 0 Å².